The summed E-state index contributed by atoms with van der Waals surface area (Å²) in [6.45, 7) is 1.71. The molecule has 18 heavy (non-hydrogen) atoms. The first-order valence-electron chi connectivity index (χ1n) is 6.38. The quantitative estimate of drug-likeness (QED) is 0.730. The molecular weight excluding hydrogens is 236 g/mol. The largest absolute Gasteiger partial charge is 0.392 e. The van der Waals surface area contributed by atoms with Gasteiger partial charge < -0.3 is 19.1 Å². The van der Waals surface area contributed by atoms with Crippen LogP contribution in [0.3, 0.4) is 0 Å². The van der Waals surface area contributed by atoms with Crippen molar-refractivity contribution in [1.82, 2.24) is 10.1 Å². The van der Waals surface area contributed by atoms with Crippen molar-refractivity contribution < 1.29 is 19.1 Å². The fourth-order valence-electron chi connectivity index (χ4n) is 2.16. The van der Waals surface area contributed by atoms with Crippen LogP contribution in [0, 0.1) is 0 Å². The van der Waals surface area contributed by atoms with Crippen LogP contribution in [0.15, 0.2) is 4.52 Å². The van der Waals surface area contributed by atoms with Gasteiger partial charge in [0.1, 0.15) is 0 Å². The lowest BCUT2D eigenvalue weighted by Gasteiger charge is -2.07. The van der Waals surface area contributed by atoms with E-state index in [4.69, 9.17) is 14.0 Å². The standard InChI is InChI=1S/C12H20N2O4/c1-16-7-8-17-6-5-11-13-12(18-14-11)9-3-2-4-10(9)15/h9-10,15H,2-8H2,1H3. The van der Waals surface area contributed by atoms with Gasteiger partial charge in [0.05, 0.1) is 31.8 Å². The van der Waals surface area contributed by atoms with Gasteiger partial charge in [-0.2, -0.15) is 4.98 Å². The van der Waals surface area contributed by atoms with Gasteiger partial charge in [-0.3, -0.25) is 0 Å². The Morgan fingerprint density at radius 2 is 2.22 bits per heavy atom. The van der Waals surface area contributed by atoms with Crippen molar-refractivity contribution in [2.75, 3.05) is 26.9 Å². The minimum absolute atomic E-state index is 0.0145. The number of methoxy groups -OCH3 is 1. The van der Waals surface area contributed by atoms with Crippen LogP contribution in [0.5, 0.6) is 0 Å². The number of aliphatic hydroxyl groups is 1. The molecule has 0 spiro atoms. The maximum Gasteiger partial charge on any atom is 0.232 e. The third-order valence-corrected chi connectivity index (χ3v) is 3.18. The predicted molar refractivity (Wildman–Crippen MR) is 63.3 cm³/mol. The number of rotatable bonds is 7. The molecule has 1 aliphatic carbocycles. The normalized spacial score (nSPS) is 23.7. The van der Waals surface area contributed by atoms with Crippen LogP contribution < -0.4 is 0 Å². The molecule has 6 heteroatoms. The smallest absolute Gasteiger partial charge is 0.232 e. The minimum Gasteiger partial charge on any atom is -0.392 e. The van der Waals surface area contributed by atoms with E-state index in [-0.39, 0.29) is 12.0 Å². The van der Waals surface area contributed by atoms with Gasteiger partial charge in [0, 0.05) is 13.5 Å². The Hall–Kier alpha value is -0.980. The third-order valence-electron chi connectivity index (χ3n) is 3.18. The van der Waals surface area contributed by atoms with Crippen molar-refractivity contribution in [3.05, 3.63) is 11.7 Å². The number of hydrogen-bond donors (Lipinski definition) is 1. The van der Waals surface area contributed by atoms with E-state index in [1.165, 1.54) is 0 Å². The zero-order valence-electron chi connectivity index (χ0n) is 10.7. The van der Waals surface area contributed by atoms with Gasteiger partial charge in [-0.05, 0) is 19.3 Å². The lowest BCUT2D eigenvalue weighted by atomic mass is 10.1. The molecule has 6 nitrogen and oxygen atoms in total. The first-order chi connectivity index (χ1) is 8.81. The number of nitrogens with zero attached hydrogens (tertiary/aromatic N) is 2. The fraction of sp³-hybridized carbons (Fsp3) is 0.833. The van der Waals surface area contributed by atoms with Gasteiger partial charge in [0.25, 0.3) is 0 Å². The van der Waals surface area contributed by atoms with Crippen LogP contribution >= 0.6 is 0 Å². The summed E-state index contributed by atoms with van der Waals surface area (Å²) in [6, 6.07) is 0. The summed E-state index contributed by atoms with van der Waals surface area (Å²) in [4.78, 5) is 4.31. The van der Waals surface area contributed by atoms with Gasteiger partial charge in [-0.1, -0.05) is 5.16 Å². The van der Waals surface area contributed by atoms with E-state index < -0.39 is 0 Å². The topological polar surface area (TPSA) is 77.6 Å². The van der Waals surface area contributed by atoms with Crippen LogP contribution in [0.1, 0.15) is 36.9 Å². The highest BCUT2D eigenvalue weighted by Gasteiger charge is 2.31. The maximum atomic E-state index is 9.76. The highest BCUT2D eigenvalue weighted by atomic mass is 16.5. The molecule has 102 valence electrons. The van der Waals surface area contributed by atoms with Gasteiger partial charge in [-0.25, -0.2) is 0 Å². The Bertz CT molecular complexity index is 356. The van der Waals surface area contributed by atoms with E-state index in [9.17, 15) is 5.11 Å². The summed E-state index contributed by atoms with van der Waals surface area (Å²) in [6.07, 6.45) is 3.05. The first kappa shape index (κ1) is 13.5. The second kappa shape index (κ2) is 6.82. The predicted octanol–water partition coefficient (Wildman–Crippen LogP) is 0.903. The molecule has 2 unspecified atom stereocenters. The summed E-state index contributed by atoms with van der Waals surface area (Å²) >= 11 is 0. The summed E-state index contributed by atoms with van der Waals surface area (Å²) in [7, 11) is 1.64. The number of ether oxygens (including phenoxy) is 2. The maximum absolute atomic E-state index is 9.76. The van der Waals surface area contributed by atoms with Gasteiger partial charge in [0.2, 0.25) is 5.89 Å². The SMILES string of the molecule is COCCOCCc1noc(C2CCCC2O)n1. The second-order valence-corrected chi connectivity index (χ2v) is 4.51. The van der Waals surface area contributed by atoms with E-state index in [0.29, 0.717) is 38.0 Å². The summed E-state index contributed by atoms with van der Waals surface area (Å²) in [5.41, 5.74) is 0. The Kier molecular flexibility index (Phi) is 5.10. The lowest BCUT2D eigenvalue weighted by molar-refractivity contribution is 0.0714. The fourth-order valence-corrected chi connectivity index (χ4v) is 2.16. The van der Waals surface area contributed by atoms with E-state index >= 15 is 0 Å². The molecule has 1 aliphatic rings. The number of hydrogen-bond acceptors (Lipinski definition) is 6. The van der Waals surface area contributed by atoms with Crippen LogP contribution in [0.25, 0.3) is 0 Å². The molecule has 0 aliphatic heterocycles. The molecule has 1 fully saturated rings. The van der Waals surface area contributed by atoms with E-state index in [1.54, 1.807) is 7.11 Å². The third kappa shape index (κ3) is 3.51. The Morgan fingerprint density at radius 1 is 1.33 bits per heavy atom. The molecule has 2 rings (SSSR count). The van der Waals surface area contributed by atoms with E-state index in [2.05, 4.69) is 10.1 Å². The molecule has 0 bridgehead atoms. The lowest BCUT2D eigenvalue weighted by Crippen LogP contribution is -2.11. The Morgan fingerprint density at radius 3 is 2.94 bits per heavy atom. The molecule has 0 radical (unpaired) electrons. The van der Waals surface area contributed by atoms with Crippen LogP contribution in [0.4, 0.5) is 0 Å². The molecule has 1 saturated carbocycles. The molecule has 1 aromatic rings. The zero-order valence-corrected chi connectivity index (χ0v) is 10.7. The van der Waals surface area contributed by atoms with Crippen LogP contribution in [-0.4, -0.2) is 48.3 Å². The van der Waals surface area contributed by atoms with Crippen molar-refractivity contribution in [3.63, 3.8) is 0 Å². The summed E-state index contributed by atoms with van der Waals surface area (Å²) in [5, 5.41) is 13.7. The van der Waals surface area contributed by atoms with Crippen molar-refractivity contribution >= 4 is 0 Å². The molecule has 2 atom stereocenters. The molecule has 0 aromatic carbocycles. The average molecular weight is 256 g/mol. The van der Waals surface area contributed by atoms with Crippen molar-refractivity contribution in [1.29, 1.82) is 0 Å². The molecule has 1 heterocycles. The van der Waals surface area contributed by atoms with Crippen molar-refractivity contribution in [2.45, 2.75) is 37.7 Å². The Balaban J connectivity index is 1.75. The monoisotopic (exact) mass is 256 g/mol. The van der Waals surface area contributed by atoms with Crippen LogP contribution in [0.2, 0.25) is 0 Å². The van der Waals surface area contributed by atoms with E-state index in [1.807, 2.05) is 0 Å². The summed E-state index contributed by atoms with van der Waals surface area (Å²) < 4.78 is 15.4. The number of aliphatic hydroxyl groups excluding tert-OH is 1. The van der Waals surface area contributed by atoms with Gasteiger partial charge in [-0.15, -0.1) is 0 Å². The molecular formula is C12H20N2O4. The van der Waals surface area contributed by atoms with Crippen LogP contribution in [-0.2, 0) is 15.9 Å². The molecule has 1 N–H and O–H groups in total. The van der Waals surface area contributed by atoms with Gasteiger partial charge in [0.15, 0.2) is 5.82 Å². The summed E-state index contributed by atoms with van der Waals surface area (Å²) in [5.74, 6) is 1.22. The molecule has 1 aromatic heterocycles. The second-order valence-electron chi connectivity index (χ2n) is 4.51. The number of aromatic nitrogens is 2. The highest BCUT2D eigenvalue weighted by Crippen LogP contribution is 2.33. The van der Waals surface area contributed by atoms with Gasteiger partial charge >= 0.3 is 0 Å². The Labute approximate surface area is 106 Å². The first-order valence-corrected chi connectivity index (χ1v) is 6.38. The van der Waals surface area contributed by atoms with E-state index in [0.717, 1.165) is 19.3 Å². The van der Waals surface area contributed by atoms with Crippen molar-refractivity contribution in [3.8, 4) is 0 Å². The molecule has 0 amide bonds. The average Bonchev–Trinajstić information content (AvgIpc) is 2.97. The van der Waals surface area contributed by atoms with Crippen molar-refractivity contribution in [2.24, 2.45) is 0 Å². The zero-order chi connectivity index (χ0) is 12.8. The minimum atomic E-state index is -0.337. The highest BCUT2D eigenvalue weighted by molar-refractivity contribution is 5.00. The molecule has 0 saturated heterocycles.